The number of hydrogen-bond donors (Lipinski definition) is 0. The van der Waals surface area contributed by atoms with E-state index in [-0.39, 0.29) is 48.0 Å². The molecule has 0 atom stereocenters. The molecule has 0 aromatic heterocycles. The Morgan fingerprint density at radius 3 is 0.833 bits per heavy atom. The van der Waals surface area contributed by atoms with Crippen molar-refractivity contribution in [3.05, 3.63) is 0 Å². The first-order chi connectivity index (χ1) is 10.4. The average molecular weight is 574 g/mol. The maximum Gasteiger partial charge on any atom is 0.102 e. The maximum absolute atomic E-state index is 5.66. The third-order valence-electron chi connectivity index (χ3n) is 4.11. The van der Waals surface area contributed by atoms with Gasteiger partial charge < -0.3 is 75.9 Å². The van der Waals surface area contributed by atoms with Gasteiger partial charge in [-0.05, 0) is 0 Å². The van der Waals surface area contributed by atoms with Gasteiger partial charge in [0.05, 0.1) is 81.0 Å². The lowest BCUT2D eigenvalue weighted by molar-refractivity contribution is -0.891. The molecule has 0 N–H and O–H groups in total. The van der Waals surface area contributed by atoms with E-state index >= 15 is 0 Å². The molecule has 1 heterocycles. The predicted octanol–water partition coefficient (Wildman–Crippen LogP) is -5.77. The van der Waals surface area contributed by atoms with Crippen LogP contribution in [0.1, 0.15) is 0 Å². The molecule has 0 aromatic carbocycles. The number of quaternary nitrogens is 2. The van der Waals surface area contributed by atoms with Crippen molar-refractivity contribution >= 4 is 0 Å². The van der Waals surface area contributed by atoms with Gasteiger partial charge in [-0.3, -0.25) is 0 Å². The van der Waals surface area contributed by atoms with Crippen LogP contribution in [-0.4, -0.2) is 116 Å². The van der Waals surface area contributed by atoms with Crippen molar-refractivity contribution < 1.29 is 75.9 Å². The summed E-state index contributed by atoms with van der Waals surface area (Å²) in [5.74, 6) is 0. The third-order valence-corrected chi connectivity index (χ3v) is 4.11. The van der Waals surface area contributed by atoms with Crippen LogP contribution < -0.4 is 48.0 Å². The van der Waals surface area contributed by atoms with Crippen molar-refractivity contribution in [3.63, 3.8) is 0 Å². The molecule has 0 aliphatic carbocycles. The quantitative estimate of drug-likeness (QED) is 0.214. The molecule has 0 radical (unpaired) electrons. The molecule has 24 heavy (non-hydrogen) atoms. The van der Waals surface area contributed by atoms with Gasteiger partial charge in [-0.2, -0.15) is 0 Å². The van der Waals surface area contributed by atoms with Crippen LogP contribution in [0.2, 0.25) is 0 Å². The van der Waals surface area contributed by atoms with E-state index < -0.39 is 0 Å². The average Bonchev–Trinajstić information content (AvgIpc) is 2.43. The summed E-state index contributed by atoms with van der Waals surface area (Å²) in [6, 6.07) is 0. The fourth-order valence-electron chi connectivity index (χ4n) is 2.11. The molecule has 0 amide bonds. The Morgan fingerprint density at radius 2 is 0.625 bits per heavy atom. The first-order valence-electron chi connectivity index (χ1n) is 8.36. The second kappa shape index (κ2) is 15.3. The summed E-state index contributed by atoms with van der Waals surface area (Å²) in [7, 11) is 8.83. The van der Waals surface area contributed by atoms with Gasteiger partial charge in [-0.1, -0.05) is 0 Å². The summed E-state index contributed by atoms with van der Waals surface area (Å²) >= 11 is 0. The van der Waals surface area contributed by atoms with Crippen molar-refractivity contribution in [3.8, 4) is 0 Å². The standard InChI is InChI=1S/C16H36N2O4.2HI/c1-17(2)5-9-19-13-15-21-11-7-18(3,4)8-12-22-16-14-20-10-6-17;;/h5-16H2,1-4H3;2*1H/q+2;;/p-2. The van der Waals surface area contributed by atoms with Crippen molar-refractivity contribution in [2.45, 2.75) is 0 Å². The Hall–Kier alpha value is 1.22. The summed E-state index contributed by atoms with van der Waals surface area (Å²) in [6.45, 7) is 9.71. The van der Waals surface area contributed by atoms with Crippen molar-refractivity contribution in [2.24, 2.45) is 0 Å². The number of rotatable bonds is 0. The van der Waals surface area contributed by atoms with Crippen LogP contribution in [0.5, 0.6) is 0 Å². The third kappa shape index (κ3) is 15.5. The fraction of sp³-hybridized carbons (Fsp3) is 1.00. The van der Waals surface area contributed by atoms with E-state index in [9.17, 15) is 0 Å². The second-order valence-corrected chi connectivity index (χ2v) is 7.22. The van der Waals surface area contributed by atoms with Gasteiger partial charge in [0.15, 0.2) is 0 Å². The molecule has 0 aromatic rings. The minimum atomic E-state index is 0. The zero-order valence-electron chi connectivity index (χ0n) is 15.8. The summed E-state index contributed by atoms with van der Waals surface area (Å²) in [5.41, 5.74) is 0. The molecular formula is C16H36I2N2O4. The Labute approximate surface area is 182 Å². The lowest BCUT2D eigenvalue weighted by atomic mass is 10.4. The normalized spacial score (nSPS) is 24.5. The van der Waals surface area contributed by atoms with E-state index in [0.29, 0.717) is 26.4 Å². The molecule has 0 unspecified atom stereocenters. The zero-order chi connectivity index (χ0) is 16.3. The van der Waals surface area contributed by atoms with Crippen molar-refractivity contribution in [2.75, 3.05) is 107 Å². The van der Waals surface area contributed by atoms with Crippen LogP contribution in [0, 0.1) is 0 Å². The van der Waals surface area contributed by atoms with Crippen LogP contribution in [0.25, 0.3) is 0 Å². The Balaban J connectivity index is 0. The number of nitrogens with zero attached hydrogens (tertiary/aromatic N) is 2. The molecule has 0 spiro atoms. The minimum absolute atomic E-state index is 0. The molecule has 0 bridgehead atoms. The fourth-order valence-corrected chi connectivity index (χ4v) is 2.11. The lowest BCUT2D eigenvalue weighted by Gasteiger charge is -2.30. The zero-order valence-corrected chi connectivity index (χ0v) is 20.1. The summed E-state index contributed by atoms with van der Waals surface area (Å²) < 4.78 is 24.5. The van der Waals surface area contributed by atoms with E-state index in [1.54, 1.807) is 0 Å². The largest absolute Gasteiger partial charge is 1.00 e. The number of likely N-dealkylation sites (N-methyl/N-ethyl adjacent to an activating group) is 2. The van der Waals surface area contributed by atoms with Crippen LogP contribution in [0.15, 0.2) is 0 Å². The van der Waals surface area contributed by atoms with Gasteiger partial charge in [0.25, 0.3) is 0 Å². The van der Waals surface area contributed by atoms with Gasteiger partial charge in [0.1, 0.15) is 26.2 Å². The highest BCUT2D eigenvalue weighted by Crippen LogP contribution is 1.99. The van der Waals surface area contributed by atoms with Crippen molar-refractivity contribution in [1.29, 1.82) is 0 Å². The van der Waals surface area contributed by atoms with Gasteiger partial charge >= 0.3 is 0 Å². The molecule has 148 valence electrons. The molecule has 6 nitrogen and oxygen atoms in total. The van der Waals surface area contributed by atoms with E-state index in [0.717, 1.165) is 61.6 Å². The highest BCUT2D eigenvalue weighted by atomic mass is 127. The SMILES string of the molecule is C[N+]1(C)CCOCCOCC[N+](C)(C)CCOCCOCC1.[I-].[I-]. The predicted molar refractivity (Wildman–Crippen MR) is 87.0 cm³/mol. The minimum Gasteiger partial charge on any atom is -1.00 e. The van der Waals surface area contributed by atoms with Gasteiger partial charge in [0.2, 0.25) is 0 Å². The molecule has 1 aliphatic rings. The number of hydrogen-bond acceptors (Lipinski definition) is 4. The van der Waals surface area contributed by atoms with Crippen LogP contribution >= 0.6 is 0 Å². The van der Waals surface area contributed by atoms with E-state index in [4.69, 9.17) is 18.9 Å². The highest BCUT2D eigenvalue weighted by molar-refractivity contribution is 4.41. The van der Waals surface area contributed by atoms with Gasteiger partial charge in [-0.25, -0.2) is 0 Å². The first-order valence-corrected chi connectivity index (χ1v) is 8.36. The van der Waals surface area contributed by atoms with Gasteiger partial charge in [-0.15, -0.1) is 0 Å². The molecule has 1 rings (SSSR count). The lowest BCUT2D eigenvalue weighted by Crippen LogP contribution is -3.00. The van der Waals surface area contributed by atoms with Crippen LogP contribution in [0.3, 0.4) is 0 Å². The van der Waals surface area contributed by atoms with E-state index in [2.05, 4.69) is 28.2 Å². The molecule has 1 saturated heterocycles. The summed E-state index contributed by atoms with van der Waals surface area (Å²) in [6.07, 6.45) is 0. The Kier molecular flexibility index (Phi) is 17.5. The highest BCUT2D eigenvalue weighted by Gasteiger charge is 2.16. The smallest absolute Gasteiger partial charge is 0.102 e. The van der Waals surface area contributed by atoms with E-state index in [1.165, 1.54) is 0 Å². The first kappa shape index (κ1) is 27.4. The Bertz CT molecular complexity index is 243. The van der Waals surface area contributed by atoms with Crippen LogP contribution in [0.4, 0.5) is 0 Å². The maximum atomic E-state index is 5.66. The molecule has 8 heteroatoms. The molecule has 1 aliphatic heterocycles. The molecule has 0 saturated carbocycles. The van der Waals surface area contributed by atoms with Crippen molar-refractivity contribution in [1.82, 2.24) is 0 Å². The monoisotopic (exact) mass is 574 g/mol. The summed E-state index contributed by atoms with van der Waals surface area (Å²) in [5, 5.41) is 0. The molecule has 1 fully saturated rings. The number of halogens is 2. The van der Waals surface area contributed by atoms with Crippen LogP contribution in [-0.2, 0) is 18.9 Å². The van der Waals surface area contributed by atoms with Gasteiger partial charge in [0, 0.05) is 0 Å². The topological polar surface area (TPSA) is 36.9 Å². The number of ether oxygens (including phenoxy) is 4. The second-order valence-electron chi connectivity index (χ2n) is 7.22. The molecular weight excluding hydrogens is 538 g/mol. The summed E-state index contributed by atoms with van der Waals surface area (Å²) in [4.78, 5) is 0. The van der Waals surface area contributed by atoms with E-state index in [1.807, 2.05) is 0 Å². The Morgan fingerprint density at radius 1 is 0.417 bits per heavy atom.